The first kappa shape index (κ1) is 20.6. The van der Waals surface area contributed by atoms with Crippen LogP contribution in [0, 0.1) is 17.8 Å². The number of amides is 1. The molecule has 0 radical (unpaired) electrons. The number of rotatable bonds is 7. The molecule has 3 saturated heterocycles. The first-order valence-electron chi connectivity index (χ1n) is 12.0. The van der Waals surface area contributed by atoms with Crippen molar-refractivity contribution in [3.05, 3.63) is 42.0 Å². The lowest BCUT2D eigenvalue weighted by Crippen LogP contribution is -2.58. The molecule has 3 aliphatic heterocycles. The molecule has 1 amide bonds. The van der Waals surface area contributed by atoms with Gasteiger partial charge >= 0.3 is 0 Å². The third-order valence-corrected chi connectivity index (χ3v) is 7.61. The molecule has 0 spiro atoms. The van der Waals surface area contributed by atoms with Crippen LogP contribution in [0.15, 0.2) is 30.7 Å². The van der Waals surface area contributed by atoms with Gasteiger partial charge in [0.15, 0.2) is 0 Å². The Bertz CT molecular complexity index is 862. The van der Waals surface area contributed by atoms with Gasteiger partial charge in [-0.25, -0.2) is 0 Å². The topological polar surface area (TPSA) is 75.9 Å². The van der Waals surface area contributed by atoms with E-state index in [4.69, 9.17) is 0 Å². The van der Waals surface area contributed by atoms with Gasteiger partial charge in [-0.3, -0.25) is 19.4 Å². The Balaban J connectivity index is 1.13. The quantitative estimate of drug-likeness (QED) is 0.743. The summed E-state index contributed by atoms with van der Waals surface area (Å²) >= 11 is 0. The summed E-state index contributed by atoms with van der Waals surface area (Å²) in [5.41, 5.74) is 2.20. The fraction of sp³-hybridized carbons (Fsp3) is 0.667. The highest BCUT2D eigenvalue weighted by Crippen LogP contribution is 2.37. The van der Waals surface area contributed by atoms with E-state index in [1.165, 1.54) is 32.1 Å². The molecule has 2 bridgehead atoms. The number of hydrogen-bond donors (Lipinski definition) is 1. The van der Waals surface area contributed by atoms with E-state index < -0.39 is 0 Å². The number of carbonyl (C=O) groups is 1. The number of nitrogens with one attached hydrogen (secondary N) is 1. The number of piperidine rings is 3. The van der Waals surface area contributed by atoms with E-state index >= 15 is 0 Å². The van der Waals surface area contributed by atoms with Gasteiger partial charge in [-0.15, -0.1) is 5.10 Å². The number of hydrogen-bond acceptors (Lipinski definition) is 5. The predicted molar refractivity (Wildman–Crippen MR) is 118 cm³/mol. The van der Waals surface area contributed by atoms with E-state index in [0.29, 0.717) is 18.5 Å². The van der Waals surface area contributed by atoms with Crippen molar-refractivity contribution in [1.29, 1.82) is 0 Å². The molecule has 0 aromatic carbocycles. The molecule has 5 heterocycles. The highest BCUT2D eigenvalue weighted by Gasteiger charge is 2.43. The minimum absolute atomic E-state index is 0.0966. The van der Waals surface area contributed by atoms with Crippen molar-refractivity contribution in [2.45, 2.75) is 70.5 Å². The second-order valence-corrected chi connectivity index (χ2v) is 9.76. The fourth-order valence-corrected chi connectivity index (χ4v) is 5.87. The smallest absolute Gasteiger partial charge is 0.224 e. The lowest BCUT2D eigenvalue weighted by atomic mass is 9.75. The van der Waals surface area contributed by atoms with E-state index in [1.54, 1.807) is 6.20 Å². The van der Waals surface area contributed by atoms with Gasteiger partial charge in [0.25, 0.3) is 0 Å². The van der Waals surface area contributed by atoms with Crippen LogP contribution in [0.5, 0.6) is 0 Å². The molecule has 1 aliphatic carbocycles. The summed E-state index contributed by atoms with van der Waals surface area (Å²) in [6.45, 7) is 3.39. The third-order valence-electron chi connectivity index (χ3n) is 7.61. The minimum atomic E-state index is 0.0966. The Morgan fingerprint density at radius 1 is 1.19 bits per heavy atom. The average molecular weight is 423 g/mol. The van der Waals surface area contributed by atoms with Crippen molar-refractivity contribution in [3.63, 3.8) is 0 Å². The van der Waals surface area contributed by atoms with Crippen molar-refractivity contribution in [2.75, 3.05) is 13.1 Å². The molecule has 31 heavy (non-hydrogen) atoms. The Morgan fingerprint density at radius 3 is 2.87 bits per heavy atom. The standard InChI is InChI=1S/C24H34N6O/c31-24(26-14-19-7-4-9-25-13-19)23-17-29-10-8-20(23)12-22(29)16-30-15-21(27-28-30)11-18-5-2-1-3-6-18/h4,7,9,13,15,18,20,22-23H,1-3,5-6,8,10-12,14,16-17H2,(H,26,31)/t20-,22-,23+/m1/s1. The maximum Gasteiger partial charge on any atom is 0.224 e. The van der Waals surface area contributed by atoms with Crippen LogP contribution in [0.4, 0.5) is 0 Å². The summed E-state index contributed by atoms with van der Waals surface area (Å²) in [4.78, 5) is 19.5. The molecule has 7 nitrogen and oxygen atoms in total. The van der Waals surface area contributed by atoms with Gasteiger partial charge in [-0.2, -0.15) is 0 Å². The van der Waals surface area contributed by atoms with Crippen LogP contribution in [0.2, 0.25) is 0 Å². The Hall–Kier alpha value is -2.28. The average Bonchev–Trinajstić information content (AvgIpc) is 3.26. The maximum absolute atomic E-state index is 12.8. The van der Waals surface area contributed by atoms with E-state index in [-0.39, 0.29) is 11.8 Å². The van der Waals surface area contributed by atoms with Crippen molar-refractivity contribution >= 4 is 5.91 Å². The zero-order valence-corrected chi connectivity index (χ0v) is 18.3. The second kappa shape index (κ2) is 9.47. The number of carbonyl (C=O) groups excluding carboxylic acids is 1. The zero-order valence-electron chi connectivity index (χ0n) is 18.3. The minimum Gasteiger partial charge on any atom is -0.352 e. The summed E-state index contributed by atoms with van der Waals surface area (Å²) in [5.74, 6) is 1.54. The summed E-state index contributed by atoms with van der Waals surface area (Å²) in [6, 6.07) is 4.37. The van der Waals surface area contributed by atoms with Crippen LogP contribution in [0.3, 0.4) is 0 Å². The largest absolute Gasteiger partial charge is 0.352 e. The van der Waals surface area contributed by atoms with Crippen LogP contribution in [0.1, 0.15) is 56.2 Å². The summed E-state index contributed by atoms with van der Waals surface area (Å²) in [5, 5.41) is 12.0. The van der Waals surface area contributed by atoms with Gasteiger partial charge in [-0.1, -0.05) is 43.4 Å². The maximum atomic E-state index is 12.8. The van der Waals surface area contributed by atoms with Gasteiger partial charge in [0.1, 0.15) is 0 Å². The highest BCUT2D eigenvalue weighted by molar-refractivity contribution is 5.79. The molecule has 2 aromatic rings. The van der Waals surface area contributed by atoms with Gasteiger partial charge < -0.3 is 5.32 Å². The molecular weight excluding hydrogens is 388 g/mol. The normalized spacial score (nSPS) is 28.5. The predicted octanol–water partition coefficient (Wildman–Crippen LogP) is 2.82. The van der Waals surface area contributed by atoms with Gasteiger partial charge in [0.2, 0.25) is 5.91 Å². The van der Waals surface area contributed by atoms with Gasteiger partial charge in [0, 0.05) is 37.7 Å². The zero-order chi connectivity index (χ0) is 21.0. The number of pyridine rings is 1. The van der Waals surface area contributed by atoms with Crippen LogP contribution in [0.25, 0.3) is 0 Å². The van der Waals surface area contributed by atoms with Crippen molar-refractivity contribution < 1.29 is 4.79 Å². The molecule has 166 valence electrons. The summed E-state index contributed by atoms with van der Waals surface area (Å²) in [7, 11) is 0. The Kier molecular flexibility index (Phi) is 6.30. The first-order chi connectivity index (χ1) is 15.2. The molecule has 6 rings (SSSR count). The van der Waals surface area contributed by atoms with E-state index in [0.717, 1.165) is 56.1 Å². The highest BCUT2D eigenvalue weighted by atomic mass is 16.1. The molecule has 1 saturated carbocycles. The van der Waals surface area contributed by atoms with E-state index in [2.05, 4.69) is 31.7 Å². The molecule has 1 N–H and O–H groups in total. The lowest BCUT2D eigenvalue weighted by molar-refractivity contribution is -0.133. The SMILES string of the molecule is O=C(NCc1cccnc1)[C@H]1CN2CC[C@@H]1C[C@@H]2Cn1cc(CC2CCCCC2)nn1. The lowest BCUT2D eigenvalue weighted by Gasteiger charge is -2.49. The van der Waals surface area contributed by atoms with Crippen molar-refractivity contribution in [2.24, 2.45) is 17.8 Å². The molecule has 1 unspecified atom stereocenters. The molecule has 7 heteroatoms. The molecule has 4 fully saturated rings. The third kappa shape index (κ3) is 4.97. The number of fused-ring (bicyclic) bond motifs is 3. The Morgan fingerprint density at radius 2 is 2.10 bits per heavy atom. The van der Waals surface area contributed by atoms with Crippen LogP contribution in [-0.2, 0) is 24.3 Å². The molecular formula is C24H34N6O. The fourth-order valence-electron chi connectivity index (χ4n) is 5.87. The number of nitrogens with zero attached hydrogens (tertiary/aromatic N) is 5. The van der Waals surface area contributed by atoms with Gasteiger partial charge in [-0.05, 0) is 49.3 Å². The van der Waals surface area contributed by atoms with Crippen LogP contribution >= 0.6 is 0 Å². The van der Waals surface area contributed by atoms with E-state index in [1.807, 2.05) is 23.0 Å². The monoisotopic (exact) mass is 422 g/mol. The van der Waals surface area contributed by atoms with Crippen LogP contribution in [-0.4, -0.2) is 49.9 Å². The molecule has 2 aromatic heterocycles. The second-order valence-electron chi connectivity index (χ2n) is 9.76. The van der Waals surface area contributed by atoms with Gasteiger partial charge in [0.05, 0.1) is 18.2 Å². The van der Waals surface area contributed by atoms with Crippen molar-refractivity contribution in [1.82, 2.24) is 30.2 Å². The molecule has 4 atom stereocenters. The molecule has 4 aliphatic rings. The Labute approximate surface area is 184 Å². The summed E-state index contributed by atoms with van der Waals surface area (Å²) in [6.07, 6.45) is 15.8. The van der Waals surface area contributed by atoms with Crippen LogP contribution < -0.4 is 5.32 Å². The first-order valence-corrected chi connectivity index (χ1v) is 12.0. The van der Waals surface area contributed by atoms with E-state index in [9.17, 15) is 4.79 Å². The number of aromatic nitrogens is 4. The van der Waals surface area contributed by atoms with Crippen molar-refractivity contribution in [3.8, 4) is 0 Å². The summed E-state index contributed by atoms with van der Waals surface area (Å²) < 4.78 is 2.04.